The molecule has 1 atom stereocenters. The molecular weight excluding hydrogens is 562 g/mol. The van der Waals surface area contributed by atoms with Crippen molar-refractivity contribution < 1.29 is 4.42 Å². The summed E-state index contributed by atoms with van der Waals surface area (Å²) >= 11 is 0. The Morgan fingerprint density at radius 2 is 1.26 bits per heavy atom. The van der Waals surface area contributed by atoms with E-state index in [0.717, 1.165) is 67.6 Å². The smallest absolute Gasteiger partial charge is 0.164 e. The van der Waals surface area contributed by atoms with Crippen LogP contribution >= 0.6 is 0 Å². The molecule has 1 unspecified atom stereocenters. The van der Waals surface area contributed by atoms with E-state index in [1.807, 2.05) is 18.2 Å². The van der Waals surface area contributed by atoms with E-state index in [1.165, 1.54) is 10.8 Å². The molecule has 0 radical (unpaired) electrons. The van der Waals surface area contributed by atoms with Gasteiger partial charge in [0.15, 0.2) is 11.6 Å². The molecule has 0 amide bonds. The van der Waals surface area contributed by atoms with Gasteiger partial charge >= 0.3 is 0 Å². The number of aromatic nitrogens is 3. The van der Waals surface area contributed by atoms with E-state index >= 15 is 0 Å². The van der Waals surface area contributed by atoms with Crippen LogP contribution < -0.4 is 0 Å². The lowest BCUT2D eigenvalue weighted by Gasteiger charge is -2.30. The zero-order valence-corrected chi connectivity index (χ0v) is 25.3. The molecular formula is C42H29N3O. The summed E-state index contributed by atoms with van der Waals surface area (Å²) in [5, 5.41) is 5.77. The van der Waals surface area contributed by atoms with Crippen LogP contribution in [0.15, 0.2) is 144 Å². The van der Waals surface area contributed by atoms with Crippen molar-refractivity contribution in [2.75, 3.05) is 0 Å². The summed E-state index contributed by atoms with van der Waals surface area (Å²) in [6, 6.07) is 46.3. The molecule has 0 spiro atoms. The molecule has 2 aromatic heterocycles. The Kier molecular flexibility index (Phi) is 5.97. The fourth-order valence-corrected chi connectivity index (χ4v) is 7.10. The quantitative estimate of drug-likeness (QED) is 0.191. The van der Waals surface area contributed by atoms with Crippen LogP contribution in [0.3, 0.4) is 0 Å². The number of rotatable bonds is 4. The van der Waals surface area contributed by atoms with Crippen molar-refractivity contribution in [3.63, 3.8) is 0 Å². The monoisotopic (exact) mass is 591 g/mol. The maximum Gasteiger partial charge on any atom is 0.164 e. The van der Waals surface area contributed by atoms with Gasteiger partial charge < -0.3 is 4.42 Å². The van der Waals surface area contributed by atoms with E-state index in [1.54, 1.807) is 0 Å². The Bertz CT molecular complexity index is 2460. The minimum Gasteiger partial charge on any atom is -0.456 e. The number of furan rings is 1. The summed E-state index contributed by atoms with van der Waals surface area (Å²) in [6.45, 7) is 2.25. The second-order valence-electron chi connectivity index (χ2n) is 12.2. The van der Waals surface area contributed by atoms with Crippen molar-refractivity contribution in [1.82, 2.24) is 15.0 Å². The second kappa shape index (κ2) is 10.4. The molecule has 0 fully saturated rings. The van der Waals surface area contributed by atoms with Gasteiger partial charge in [-0.15, -0.1) is 0 Å². The summed E-state index contributed by atoms with van der Waals surface area (Å²) < 4.78 is 6.55. The van der Waals surface area contributed by atoms with E-state index in [4.69, 9.17) is 19.4 Å². The van der Waals surface area contributed by atoms with Gasteiger partial charge in [-0.3, -0.25) is 0 Å². The summed E-state index contributed by atoms with van der Waals surface area (Å²) in [6.07, 6.45) is 5.01. The number of fused-ring (bicyclic) bond motifs is 6. The van der Waals surface area contributed by atoms with Crippen molar-refractivity contribution in [2.24, 2.45) is 0 Å². The first-order valence-corrected chi connectivity index (χ1v) is 15.7. The zero-order valence-electron chi connectivity index (χ0n) is 25.3. The SMILES string of the molecule is CC1(c2nc(-c3ccccc3)nc(-c3cc4ccccc4c4ccccc34)n2)CC=Cc2oc3cccc(-c4ccccc4)c3c21. The molecule has 1 aliphatic rings. The van der Waals surface area contributed by atoms with E-state index in [2.05, 4.69) is 134 Å². The molecule has 6 aromatic carbocycles. The standard InChI is InChI=1S/C42H29N3O/c1-42(25-13-24-36-38(42)37-31(22-12-23-35(37)46-36)27-14-4-2-5-15-27)41-44-39(28-16-6-3-7-17-28)43-40(45-41)34-26-29-18-8-9-19-30(29)32-20-10-11-21-33(32)34/h2-24,26H,25H2,1H3. The van der Waals surface area contributed by atoms with Gasteiger partial charge in [-0.25, -0.2) is 15.0 Å². The average molecular weight is 592 g/mol. The molecule has 9 rings (SSSR count). The Balaban J connectivity index is 1.34. The largest absolute Gasteiger partial charge is 0.456 e. The average Bonchev–Trinajstić information content (AvgIpc) is 3.52. The minimum absolute atomic E-state index is 0.575. The number of allylic oxidation sites excluding steroid dienone is 1. The first kappa shape index (κ1) is 26.5. The van der Waals surface area contributed by atoms with Gasteiger partial charge in [0, 0.05) is 22.1 Å². The summed E-state index contributed by atoms with van der Waals surface area (Å²) in [4.78, 5) is 15.8. The number of nitrogens with zero attached hydrogens (tertiary/aromatic N) is 3. The van der Waals surface area contributed by atoms with Crippen LogP contribution in [-0.4, -0.2) is 15.0 Å². The molecule has 4 nitrogen and oxygen atoms in total. The minimum atomic E-state index is -0.575. The van der Waals surface area contributed by atoms with Crippen molar-refractivity contribution in [3.05, 3.63) is 157 Å². The molecule has 4 heteroatoms. The van der Waals surface area contributed by atoms with Crippen LogP contribution in [0.1, 0.15) is 30.5 Å². The highest BCUT2D eigenvalue weighted by Gasteiger charge is 2.40. The van der Waals surface area contributed by atoms with Crippen molar-refractivity contribution in [3.8, 4) is 33.9 Å². The van der Waals surface area contributed by atoms with Gasteiger partial charge in [0.05, 0.1) is 5.41 Å². The molecule has 0 bridgehead atoms. The van der Waals surface area contributed by atoms with Crippen LogP contribution in [0.25, 0.3) is 72.5 Å². The summed E-state index contributed by atoms with van der Waals surface area (Å²) in [5.74, 6) is 2.90. The Hall–Kier alpha value is -5.87. The third-order valence-electron chi connectivity index (χ3n) is 9.34. The fourth-order valence-electron chi connectivity index (χ4n) is 7.10. The molecule has 0 aliphatic heterocycles. The lowest BCUT2D eigenvalue weighted by atomic mass is 9.73. The normalized spacial score (nSPS) is 15.8. The number of hydrogen-bond acceptors (Lipinski definition) is 4. The highest BCUT2D eigenvalue weighted by atomic mass is 16.3. The third-order valence-corrected chi connectivity index (χ3v) is 9.34. The van der Waals surface area contributed by atoms with E-state index in [-0.39, 0.29) is 0 Å². The first-order valence-electron chi connectivity index (χ1n) is 15.7. The van der Waals surface area contributed by atoms with Crippen molar-refractivity contribution >= 4 is 38.6 Å². The van der Waals surface area contributed by atoms with E-state index < -0.39 is 5.41 Å². The van der Waals surface area contributed by atoms with Gasteiger partial charge in [0.1, 0.15) is 17.2 Å². The molecule has 218 valence electrons. The topological polar surface area (TPSA) is 51.8 Å². The second-order valence-corrected chi connectivity index (χ2v) is 12.2. The summed E-state index contributed by atoms with van der Waals surface area (Å²) in [5.41, 5.74) is 5.64. The lowest BCUT2D eigenvalue weighted by molar-refractivity contribution is 0.509. The van der Waals surface area contributed by atoms with Crippen LogP contribution in [0, 0.1) is 0 Å². The molecule has 0 saturated heterocycles. The van der Waals surface area contributed by atoms with Crippen molar-refractivity contribution in [2.45, 2.75) is 18.8 Å². The molecule has 0 saturated carbocycles. The van der Waals surface area contributed by atoms with Crippen LogP contribution in [-0.2, 0) is 5.41 Å². The zero-order chi connectivity index (χ0) is 30.7. The first-order chi connectivity index (χ1) is 22.7. The third kappa shape index (κ3) is 4.11. The van der Waals surface area contributed by atoms with E-state index in [9.17, 15) is 0 Å². The predicted octanol–water partition coefficient (Wildman–Crippen LogP) is 10.6. The Morgan fingerprint density at radius 3 is 2.07 bits per heavy atom. The van der Waals surface area contributed by atoms with Crippen LogP contribution in [0.5, 0.6) is 0 Å². The fraction of sp³-hybridized carbons (Fsp3) is 0.0714. The van der Waals surface area contributed by atoms with Crippen LogP contribution in [0.4, 0.5) is 0 Å². The maximum atomic E-state index is 6.55. The number of hydrogen-bond donors (Lipinski definition) is 0. The lowest BCUT2D eigenvalue weighted by Crippen LogP contribution is -2.29. The van der Waals surface area contributed by atoms with Gasteiger partial charge in [-0.2, -0.15) is 0 Å². The molecule has 1 aliphatic carbocycles. The van der Waals surface area contributed by atoms with Gasteiger partial charge in [-0.05, 0) is 64.2 Å². The summed E-state index contributed by atoms with van der Waals surface area (Å²) in [7, 11) is 0. The predicted molar refractivity (Wildman–Crippen MR) is 187 cm³/mol. The van der Waals surface area contributed by atoms with E-state index in [0.29, 0.717) is 11.6 Å². The van der Waals surface area contributed by atoms with Gasteiger partial charge in [0.25, 0.3) is 0 Å². The van der Waals surface area contributed by atoms with Gasteiger partial charge in [0.2, 0.25) is 0 Å². The Morgan fingerprint density at radius 1 is 0.587 bits per heavy atom. The maximum absolute atomic E-state index is 6.55. The number of benzene rings is 6. The highest BCUT2D eigenvalue weighted by Crippen LogP contribution is 2.48. The van der Waals surface area contributed by atoms with Crippen molar-refractivity contribution in [1.29, 1.82) is 0 Å². The van der Waals surface area contributed by atoms with Gasteiger partial charge in [-0.1, -0.05) is 127 Å². The highest BCUT2D eigenvalue weighted by molar-refractivity contribution is 6.13. The Labute approximate surface area is 266 Å². The molecule has 0 N–H and O–H groups in total. The van der Waals surface area contributed by atoms with Crippen LogP contribution in [0.2, 0.25) is 0 Å². The molecule has 8 aromatic rings. The molecule has 2 heterocycles. The molecule has 46 heavy (non-hydrogen) atoms.